The molecule has 2 fully saturated rings. The van der Waals surface area contributed by atoms with Crippen LogP contribution in [0.25, 0.3) is 43.7 Å². The number of pyridine rings is 2. The van der Waals surface area contributed by atoms with Crippen molar-refractivity contribution in [3.63, 3.8) is 0 Å². The summed E-state index contributed by atoms with van der Waals surface area (Å²) in [6.07, 6.45) is 3.41. The van der Waals surface area contributed by atoms with Crippen molar-refractivity contribution in [2.24, 2.45) is 0 Å². The van der Waals surface area contributed by atoms with E-state index in [9.17, 15) is 5.11 Å². The summed E-state index contributed by atoms with van der Waals surface area (Å²) in [5, 5.41) is 13.4. The number of hydrogen-bond acceptors (Lipinski definition) is 12. The Labute approximate surface area is 553 Å². The highest BCUT2D eigenvalue weighted by Crippen LogP contribution is 2.34. The third kappa shape index (κ3) is 11.5. The quantitative estimate of drug-likeness (QED) is 0.131. The van der Waals surface area contributed by atoms with E-state index in [0.717, 1.165) is 139 Å². The number of phenols is 1. The van der Waals surface area contributed by atoms with Gasteiger partial charge in [-0.05, 0) is 86.6 Å². The molecule has 2 saturated heterocycles. The van der Waals surface area contributed by atoms with Crippen LogP contribution in [0.5, 0.6) is 34.5 Å². The zero-order valence-electron chi connectivity index (χ0n) is 160. The fourth-order valence-corrected chi connectivity index (χ4v) is 7.45. The molecule has 2 aliphatic heterocycles. The lowest BCUT2D eigenvalue weighted by atomic mass is 10.2. The van der Waals surface area contributed by atoms with Crippen LogP contribution in [0.1, 0.15) is 199 Å². The van der Waals surface area contributed by atoms with Gasteiger partial charge in [-0.2, -0.15) is 0 Å². The van der Waals surface area contributed by atoms with E-state index in [0.29, 0.717) is 23.6 Å². The van der Waals surface area contributed by atoms with E-state index in [1.807, 2.05) is 86.6 Å². The number of phenolic OH excluding ortho intramolecular Hbond substituents is 1. The summed E-state index contributed by atoms with van der Waals surface area (Å²) < 4.78 is 39.9. The number of aromatic hydroxyl groups is 1. The third-order valence-electron chi connectivity index (χ3n) is 10.3. The van der Waals surface area contributed by atoms with Gasteiger partial charge in [0.2, 0.25) is 0 Å². The minimum atomic E-state index is 0. The summed E-state index contributed by atoms with van der Waals surface area (Å²) in [5.41, 5.74) is 3.14. The zero-order valence-corrected chi connectivity index (χ0v) is 35.1. The van der Waals surface area contributed by atoms with Gasteiger partial charge in [-0.15, -0.1) is 11.6 Å². The fraction of sp³-hybridized carbons (Fsp3) is 0.306. The molecule has 0 bridgehead atoms. The highest BCUT2D eigenvalue weighted by atomic mass is 35.5. The normalized spacial score (nSPS) is 14.4. The molecule has 0 saturated carbocycles. The van der Waals surface area contributed by atoms with Crippen LogP contribution in [0.2, 0.25) is 0 Å². The van der Waals surface area contributed by atoms with Crippen LogP contribution >= 0.6 is 11.6 Å². The predicted octanol–water partition coefficient (Wildman–Crippen LogP) is 24.9. The van der Waals surface area contributed by atoms with Crippen molar-refractivity contribution >= 4 is 55.3 Å². The minimum absolute atomic E-state index is 0. The first-order chi connectivity index (χ1) is 29.9. The first-order valence-electron chi connectivity index (χ1n) is 20.5. The van der Waals surface area contributed by atoms with E-state index in [-0.39, 0.29) is 193 Å². The maximum absolute atomic E-state index is 9.54. The second kappa shape index (κ2) is 21.3. The minimum Gasteiger partial charge on any atom is -1.00 e. The van der Waals surface area contributed by atoms with Crippen molar-refractivity contribution in [2.75, 3.05) is 78.2 Å². The molecule has 4 aromatic carbocycles. The number of alkyl halides is 1. The van der Waals surface area contributed by atoms with E-state index < -0.39 is 0 Å². The molecule has 12 nitrogen and oxygen atoms in total. The van der Waals surface area contributed by atoms with Crippen LogP contribution in [0, 0.1) is 13.8 Å². The largest absolute Gasteiger partial charge is 1.00 e. The fourth-order valence-electron chi connectivity index (χ4n) is 7.21. The van der Waals surface area contributed by atoms with Crippen molar-refractivity contribution in [1.29, 1.82) is 0 Å². The van der Waals surface area contributed by atoms with E-state index in [1.165, 1.54) is 0 Å². The molecule has 576 valence electrons. The number of aromatic nitrogens is 2. The smallest absolute Gasteiger partial charge is 0.138 e. The summed E-state index contributed by atoms with van der Waals surface area (Å²) in [5.74, 6) is 6.36. The van der Waals surface area contributed by atoms with Crippen molar-refractivity contribution in [2.45, 2.75) is 21.3 Å². The van der Waals surface area contributed by atoms with Gasteiger partial charge in [-0.25, -0.2) is 0 Å². The van der Waals surface area contributed by atoms with E-state index in [4.69, 9.17) is 44.1 Å². The van der Waals surface area contributed by atoms with Gasteiger partial charge in [0.1, 0.15) is 63.8 Å². The summed E-state index contributed by atoms with van der Waals surface area (Å²) >= 11 is 5.55. The van der Waals surface area contributed by atoms with Gasteiger partial charge < -0.3 is 217 Å². The van der Waals surface area contributed by atoms with Gasteiger partial charge >= 0.3 is 0 Å². The van der Waals surface area contributed by atoms with E-state index in [1.54, 1.807) is 36.7 Å². The Morgan fingerprint density at radius 3 is 1.66 bits per heavy atom. The van der Waals surface area contributed by atoms with Gasteiger partial charge in [0.05, 0.1) is 37.5 Å². The molecular weight excluding hydrogens is 808 g/mol. The zero-order chi connectivity index (χ0) is 42.0. The summed E-state index contributed by atoms with van der Waals surface area (Å²) in [4.78, 5) is 13.4. The molecule has 1 N–H and O–H groups in total. The molecule has 6 heterocycles. The second-order valence-electron chi connectivity index (χ2n) is 14.8. The first-order valence-corrected chi connectivity index (χ1v) is 21.0. The molecule has 2 aliphatic rings. The molecule has 0 unspecified atom stereocenters. The van der Waals surface area contributed by atoms with Crippen LogP contribution in [-0.4, -0.2) is 103 Å². The molecule has 0 radical (unpaired) electrons. The maximum Gasteiger partial charge on any atom is 0.138 e. The lowest BCUT2D eigenvalue weighted by molar-refractivity contribution is 0.0322. The van der Waals surface area contributed by atoms with Gasteiger partial charge in [0.15, 0.2) is 0 Å². The average Bonchev–Trinajstić information content (AvgIpc) is 3.84. The molecule has 62 heavy (non-hydrogen) atoms. The number of benzene rings is 4. The number of fused-ring (bicyclic) bond motifs is 4. The highest BCUT2D eigenvalue weighted by Gasteiger charge is 2.13. The number of morpholine rings is 2. The topological polar surface area (TPSA) is 125 Å². The van der Waals surface area contributed by atoms with E-state index >= 15 is 0 Å². The Morgan fingerprint density at radius 1 is 0.613 bits per heavy atom. The average molecular weight is 1120 g/mol. The van der Waals surface area contributed by atoms with Gasteiger partial charge in [-0.1, -0.05) is 7.43 Å². The number of hydrogen-bond donors (Lipinski definition) is 1. The Bertz CT molecular complexity index is 2860. The molecule has 0 aliphatic carbocycles. The van der Waals surface area contributed by atoms with Crippen molar-refractivity contribution < 1.29 is 217 Å². The SMILES string of the molecule is C.Cc1cc2ccc(Oc3ccnc4cc(O)ccc34)cc2o1.Cc1cc2ccc(Oc3ccnc4cc(OCCN5CCOCC5)ccc34)cc2o1.ClCCN1CCOCC1.[2H-].[2H-].[2H-].[2H-].[2H-].[2H-].[2H-].[2H-].[2H-].[2H-].[2H-].[2H-].[2H-].[2H-].[2H-].[2H-].[2H-].[2H-].[2H-].[2H-].[2H-].[2H-].[2H-].[2H-].[2H-].[2H-].[2H-].[2H-].[2H-].[2H-].[2H-].[2H-].[2H-].[2H-].[2H-].[2H-].[2H-].[2H-].[2H-].[2H-].[2H-].[2H-].[2H-].[2H-].[2H-].[2H-].[2H-].[2H-].[2H-].[2H-].[2H-].[2H-].[2H-].[2H-].[2H-].[2H-].[2H-].[2H-].[2H-].[2H-].[2H-].[2H-].[2H-].[2H-].[2H-].[2H-].[2H-].[2H-].[2H-].[2H-].[2H-].[2H-].[2H-].[2H-].[2H-].[2H-].[2H-].[2H-].[2H-].[2H-].[2H-].[2H-].[2H-].[2H-].[2H-].[2H-].[2H-].[2H-].[2H-].[2H-].[2H-].[2H-].[2H-].[2H-].[2H-].[2H-].[2H-].[2H-].[2H-].[2H-].[2H-].[2H-].[2H-].[2H-].[2H-].[2H-].[2H-].[2H-].[2H-].[2H-].[2H-].[2H-].[2H-].[2H-].[2H-].[2H-].[2H-].[2H-].[2H-].[2H-].[2H-].[2H-].[2H-].[2H-].[2H-].[2H-]. The molecular formula is C49H179ClN4O8-126. The monoisotopic (exact) mass is 1110 g/mol. The Kier molecular flexibility index (Phi) is 15.2. The Hall–Kier alpha value is -5.89. The Balaban J connectivity index is -0.00000000240. The highest BCUT2D eigenvalue weighted by molar-refractivity contribution is 6.18. The molecule has 0 spiro atoms. The van der Waals surface area contributed by atoms with Gasteiger partial charge in [0, 0.05) is 103 Å². The molecule has 13 heteroatoms. The summed E-state index contributed by atoms with van der Waals surface area (Å²) in [6, 6.07) is 30.2. The van der Waals surface area contributed by atoms with Crippen molar-refractivity contribution in [3.05, 3.63) is 121 Å². The predicted molar refractivity (Wildman–Crippen MR) is 385 cm³/mol. The van der Waals surface area contributed by atoms with Crippen LogP contribution < -0.4 is 14.2 Å². The number of rotatable bonds is 10. The van der Waals surface area contributed by atoms with Crippen LogP contribution in [0.3, 0.4) is 0 Å². The van der Waals surface area contributed by atoms with E-state index in [2.05, 4.69) is 19.8 Å². The standard InChI is InChI=1S/C24H24N2O4.C18H13NO3.C6H12ClNO.CH4.126H/c1-17-14-18-2-3-20(16-24(18)29-17)30-23-6-7-25-22-15-19(4-5-21(22)23)28-13-10-26-8-11-27-12-9-26;1-11-8-12-2-4-14(10-18(12)21-11)22-17-6-7-19-16-9-13(20)3-5-15(16)17;7-1-2-8-3-5-9-6-4-8;;;;;;;;;;;;;;;;;;;;;;;;;;;;;;;;;;;;;;;;;;;;;;;;;;;;;;;;;;;;;;;;;;;;;;;;;;;;;;;;;;;;;;;;;;;;;;;;;;;;;;;;;;;;;;;;;;;;;;;;;;;;;;;/h2-7,14-16H,8-13H2,1H3;2-10,20H,1H3;1-6H2;1H4;;;;;;;;;;;;;;;;;;;;;;;;;;;;;;;;;;;;;;;;;;;;;;;;;;;;;;;;;;;;;;;;;;;;;;;;;;;;;;;;;;;;;;;;;;;;;;;;;;;;;;;;;;;;;;;;;;;;;;;;;;;;;;/q;;;;126*-1/i;;;;126*1+1. The van der Waals surface area contributed by atoms with Gasteiger partial charge in [0.25, 0.3) is 0 Å². The van der Waals surface area contributed by atoms with Gasteiger partial charge in [-0.3, -0.25) is 19.8 Å². The Morgan fingerprint density at radius 2 is 1.11 bits per heavy atom. The van der Waals surface area contributed by atoms with Crippen LogP contribution in [0.4, 0.5) is 0 Å². The van der Waals surface area contributed by atoms with Crippen molar-refractivity contribution in [3.8, 4) is 34.5 Å². The first kappa shape index (κ1) is 44.2. The number of aryl methyl sites for hydroxylation is 2. The molecule has 0 atom stereocenters. The maximum atomic E-state index is 9.54. The summed E-state index contributed by atoms with van der Waals surface area (Å²) in [6.45, 7) is 13.8. The lowest BCUT2D eigenvalue weighted by Crippen LogP contribution is -2.38. The second-order valence-corrected chi connectivity index (χ2v) is 15.1. The molecule has 10 rings (SSSR count). The number of halogens is 1. The number of nitrogens with zero attached hydrogens (tertiary/aromatic N) is 4. The van der Waals surface area contributed by atoms with Crippen LogP contribution in [-0.2, 0) is 9.47 Å². The number of ether oxygens (including phenoxy) is 5. The number of furan rings is 2. The van der Waals surface area contributed by atoms with Crippen molar-refractivity contribution in [1.82, 2.24) is 19.8 Å². The summed E-state index contributed by atoms with van der Waals surface area (Å²) in [7, 11) is 0. The lowest BCUT2D eigenvalue weighted by Gasteiger charge is -2.26. The third-order valence-corrected chi connectivity index (χ3v) is 10.5. The molecule has 4 aromatic heterocycles. The molecule has 0 amide bonds. The van der Waals surface area contributed by atoms with Crippen LogP contribution in [0.15, 0.2) is 118 Å². The molecule has 8 aromatic rings.